The predicted molar refractivity (Wildman–Crippen MR) is 107 cm³/mol. The molecule has 0 saturated carbocycles. The van der Waals surface area contributed by atoms with Crippen molar-refractivity contribution in [3.63, 3.8) is 0 Å². The summed E-state index contributed by atoms with van der Waals surface area (Å²) in [6.45, 7) is 3.81. The van der Waals surface area contributed by atoms with Gasteiger partial charge in [0.25, 0.3) is 5.56 Å². The maximum atomic E-state index is 12.9. The van der Waals surface area contributed by atoms with E-state index in [1.165, 1.54) is 11.7 Å². The zero-order valence-electron chi connectivity index (χ0n) is 16.9. The van der Waals surface area contributed by atoms with Gasteiger partial charge in [0.2, 0.25) is 5.75 Å². The third-order valence-electron chi connectivity index (χ3n) is 4.79. The lowest BCUT2D eigenvalue weighted by molar-refractivity contribution is 0.0513. The average molecular weight is 396 g/mol. The second kappa shape index (κ2) is 8.72. The molecular weight excluding hydrogens is 372 g/mol. The van der Waals surface area contributed by atoms with Crippen LogP contribution in [0.15, 0.2) is 53.6 Å². The number of carbonyl (C=O) groups excluding carboxylic acids is 1. The molecule has 2 unspecified atom stereocenters. The van der Waals surface area contributed by atoms with Crippen LogP contribution in [0.1, 0.15) is 47.7 Å². The van der Waals surface area contributed by atoms with Gasteiger partial charge in [0.1, 0.15) is 5.82 Å². The normalized spacial score (nSPS) is 13.0. The molecule has 0 saturated heterocycles. The molecule has 8 nitrogen and oxygen atoms in total. The van der Waals surface area contributed by atoms with Crippen LogP contribution in [-0.2, 0) is 11.8 Å². The summed E-state index contributed by atoms with van der Waals surface area (Å²) >= 11 is 0. The highest BCUT2D eigenvalue weighted by molar-refractivity contribution is 5.90. The summed E-state index contributed by atoms with van der Waals surface area (Å²) in [7, 11) is 2.95. The van der Waals surface area contributed by atoms with E-state index < -0.39 is 11.5 Å². The zero-order valence-corrected chi connectivity index (χ0v) is 16.9. The molecule has 0 spiro atoms. The Hall–Kier alpha value is -3.42. The number of ether oxygens (including phenoxy) is 2. The first-order chi connectivity index (χ1) is 14.0. The van der Waals surface area contributed by atoms with Crippen LogP contribution < -0.4 is 10.3 Å². The van der Waals surface area contributed by atoms with Crippen LogP contribution in [0.5, 0.6) is 5.75 Å². The highest BCUT2D eigenvalue weighted by Gasteiger charge is 2.30. The minimum Gasteiger partial charge on any atom is -0.489 e. The molecule has 8 heteroatoms. The van der Waals surface area contributed by atoms with Crippen molar-refractivity contribution in [1.82, 2.24) is 19.3 Å². The van der Waals surface area contributed by atoms with Crippen molar-refractivity contribution in [3.05, 3.63) is 76.2 Å². The van der Waals surface area contributed by atoms with Crippen LogP contribution in [0.25, 0.3) is 0 Å². The highest BCUT2D eigenvalue weighted by atomic mass is 16.5. The van der Waals surface area contributed by atoms with E-state index in [-0.39, 0.29) is 30.0 Å². The molecule has 152 valence electrons. The second-order valence-electron chi connectivity index (χ2n) is 6.57. The van der Waals surface area contributed by atoms with Crippen molar-refractivity contribution in [2.75, 3.05) is 13.7 Å². The molecule has 2 aromatic heterocycles. The van der Waals surface area contributed by atoms with Gasteiger partial charge in [-0.15, -0.1) is 0 Å². The lowest BCUT2D eigenvalue weighted by Crippen LogP contribution is -2.31. The molecule has 0 aliphatic heterocycles. The van der Waals surface area contributed by atoms with Crippen molar-refractivity contribution >= 4 is 5.97 Å². The first-order valence-electron chi connectivity index (χ1n) is 9.35. The quantitative estimate of drug-likeness (QED) is 0.571. The molecule has 0 bridgehead atoms. The molecule has 0 aliphatic carbocycles. The van der Waals surface area contributed by atoms with Gasteiger partial charge < -0.3 is 9.47 Å². The number of methoxy groups -OCH3 is 1. The van der Waals surface area contributed by atoms with Crippen molar-refractivity contribution in [2.45, 2.75) is 25.8 Å². The number of esters is 1. The summed E-state index contributed by atoms with van der Waals surface area (Å²) in [5, 5.41) is 4.40. The van der Waals surface area contributed by atoms with E-state index >= 15 is 0 Å². The van der Waals surface area contributed by atoms with Crippen LogP contribution >= 0.6 is 0 Å². The zero-order chi connectivity index (χ0) is 21.0. The van der Waals surface area contributed by atoms with E-state index in [0.29, 0.717) is 5.82 Å². The fourth-order valence-corrected chi connectivity index (χ4v) is 3.43. The fraction of sp³-hybridized carbons (Fsp3) is 0.333. The number of hydrogen-bond donors (Lipinski definition) is 0. The van der Waals surface area contributed by atoms with Gasteiger partial charge in [-0.1, -0.05) is 37.3 Å². The van der Waals surface area contributed by atoms with E-state index in [4.69, 9.17) is 9.47 Å². The fourth-order valence-electron chi connectivity index (χ4n) is 3.43. The van der Waals surface area contributed by atoms with Gasteiger partial charge in [0.05, 0.1) is 19.8 Å². The molecule has 0 fully saturated rings. The molecule has 0 N–H and O–H groups in total. The Balaban J connectivity index is 2.17. The van der Waals surface area contributed by atoms with E-state index in [1.807, 2.05) is 54.2 Å². The lowest BCUT2D eigenvalue weighted by atomic mass is 9.93. The topological polar surface area (TPSA) is 88.2 Å². The van der Waals surface area contributed by atoms with Gasteiger partial charge in [-0.2, -0.15) is 5.10 Å². The molecule has 2 heterocycles. The summed E-state index contributed by atoms with van der Waals surface area (Å²) in [4.78, 5) is 29.8. The Labute approximate surface area is 168 Å². The maximum absolute atomic E-state index is 12.9. The van der Waals surface area contributed by atoms with Crippen molar-refractivity contribution in [1.29, 1.82) is 0 Å². The van der Waals surface area contributed by atoms with Gasteiger partial charge in [-0.25, -0.2) is 9.78 Å². The number of nitrogens with zero attached hydrogens (tertiary/aromatic N) is 4. The van der Waals surface area contributed by atoms with E-state index in [2.05, 4.69) is 10.1 Å². The Morgan fingerprint density at radius 3 is 2.52 bits per heavy atom. The van der Waals surface area contributed by atoms with Crippen molar-refractivity contribution in [3.8, 4) is 5.75 Å². The average Bonchev–Trinajstić information content (AvgIpc) is 3.25. The number of rotatable bonds is 7. The summed E-state index contributed by atoms with van der Waals surface area (Å²) in [6, 6.07) is 11.4. The van der Waals surface area contributed by atoms with Crippen LogP contribution in [0.2, 0.25) is 0 Å². The van der Waals surface area contributed by atoms with Crippen molar-refractivity contribution in [2.24, 2.45) is 7.05 Å². The van der Waals surface area contributed by atoms with Crippen LogP contribution in [0, 0.1) is 0 Å². The SMILES string of the molecule is CCOC(=O)c1nc(C(C)C(c2ccccc2)n2cccn2)n(C)c(=O)c1OC. The van der Waals surface area contributed by atoms with Gasteiger partial charge in [0, 0.05) is 25.4 Å². The predicted octanol–water partition coefficient (Wildman–Crippen LogP) is 2.56. The largest absolute Gasteiger partial charge is 0.489 e. The first kappa shape index (κ1) is 20.3. The molecule has 0 aliphatic rings. The Morgan fingerprint density at radius 1 is 1.21 bits per heavy atom. The Bertz CT molecular complexity index is 1030. The van der Waals surface area contributed by atoms with Crippen LogP contribution in [0.3, 0.4) is 0 Å². The summed E-state index contributed by atoms with van der Waals surface area (Å²) < 4.78 is 13.5. The monoisotopic (exact) mass is 396 g/mol. The van der Waals surface area contributed by atoms with Crippen molar-refractivity contribution < 1.29 is 14.3 Å². The van der Waals surface area contributed by atoms with Gasteiger partial charge in [-0.05, 0) is 18.6 Å². The molecular formula is C21H24N4O4. The summed E-state index contributed by atoms with van der Waals surface area (Å²) in [6.07, 6.45) is 3.56. The third-order valence-corrected chi connectivity index (χ3v) is 4.79. The Kier molecular flexibility index (Phi) is 6.11. The minimum absolute atomic E-state index is 0.119. The van der Waals surface area contributed by atoms with Gasteiger partial charge in [-0.3, -0.25) is 14.0 Å². The number of carbonyl (C=O) groups is 1. The van der Waals surface area contributed by atoms with Gasteiger partial charge >= 0.3 is 5.97 Å². The second-order valence-corrected chi connectivity index (χ2v) is 6.57. The summed E-state index contributed by atoms with van der Waals surface area (Å²) in [5.74, 6) is -0.666. The maximum Gasteiger partial charge on any atom is 0.361 e. The van der Waals surface area contributed by atoms with Crippen LogP contribution in [0.4, 0.5) is 0 Å². The molecule has 2 atom stereocenters. The molecule has 1 aromatic carbocycles. The van der Waals surface area contributed by atoms with E-state index in [0.717, 1.165) is 5.56 Å². The summed E-state index contributed by atoms with van der Waals surface area (Å²) in [5.41, 5.74) is 0.442. The minimum atomic E-state index is -0.689. The smallest absolute Gasteiger partial charge is 0.361 e. The van der Waals surface area contributed by atoms with Gasteiger partial charge in [0.15, 0.2) is 5.69 Å². The molecule has 3 aromatic rings. The molecule has 0 amide bonds. The van der Waals surface area contributed by atoms with Crippen LogP contribution in [-0.4, -0.2) is 39.0 Å². The number of hydrogen-bond acceptors (Lipinski definition) is 6. The molecule has 0 radical (unpaired) electrons. The number of aromatic nitrogens is 4. The number of benzene rings is 1. The van der Waals surface area contributed by atoms with E-state index in [1.54, 1.807) is 20.2 Å². The van der Waals surface area contributed by atoms with E-state index in [9.17, 15) is 9.59 Å². The third kappa shape index (κ3) is 3.91. The lowest BCUT2D eigenvalue weighted by Gasteiger charge is -2.26. The Morgan fingerprint density at radius 2 is 1.93 bits per heavy atom. The highest BCUT2D eigenvalue weighted by Crippen LogP contribution is 2.33. The first-order valence-corrected chi connectivity index (χ1v) is 9.35. The standard InChI is InChI=1S/C21H24N4O4/c1-5-29-21(27)16-18(28-4)20(26)24(3)19(23-16)14(2)17(25-13-9-12-22-25)15-10-7-6-8-11-15/h6-14,17H,5H2,1-4H3. The molecule has 29 heavy (non-hydrogen) atoms. The molecule has 3 rings (SSSR count).